The Bertz CT molecular complexity index is 1760. The Morgan fingerprint density at radius 3 is 2.55 bits per heavy atom. The number of nitriles is 1. The monoisotopic (exact) mass is 638 g/mol. The van der Waals surface area contributed by atoms with Crippen LogP contribution in [0, 0.1) is 35.3 Å². The number of rotatable bonds is 6. The Balaban J connectivity index is 1.65. The molecule has 7 nitrogen and oxygen atoms in total. The van der Waals surface area contributed by atoms with Gasteiger partial charge in [-0.25, -0.2) is 0 Å². The number of halogens is 3. The number of nitrogens with two attached hydrogens (primary N) is 1. The van der Waals surface area contributed by atoms with E-state index < -0.39 is 10.8 Å². The SMILES string of the molecule is Cc1cc(CSc2cc(Cl)ccc2Cl)c(C)c(C2C(C#N)=C(N)N(c3ccc(Cl)c([N+](=O)[O-])c3)C3=C2C(=O)CCC3)c1. The van der Waals surface area contributed by atoms with Crippen LogP contribution < -0.4 is 10.6 Å². The summed E-state index contributed by atoms with van der Waals surface area (Å²) >= 11 is 20.2. The molecule has 42 heavy (non-hydrogen) atoms. The van der Waals surface area contributed by atoms with Crippen molar-refractivity contribution in [2.75, 3.05) is 4.90 Å². The molecule has 0 saturated heterocycles. The standard InChI is InChI=1S/C31H25Cl3N4O3S/c1-16-10-18(15-42-28-12-19(32)6-8-24(28)34)17(2)21(11-16)29-22(14-35)31(36)37(25-4-3-5-27(39)30(25)29)20-7-9-23(33)26(13-20)38(40)41/h6-13,29H,3-5,15,36H2,1-2H3. The first-order valence-electron chi connectivity index (χ1n) is 13.1. The van der Waals surface area contributed by atoms with E-state index in [1.165, 1.54) is 12.1 Å². The summed E-state index contributed by atoms with van der Waals surface area (Å²) in [4.78, 5) is 27.2. The van der Waals surface area contributed by atoms with E-state index in [0.717, 1.165) is 27.1 Å². The van der Waals surface area contributed by atoms with E-state index in [-0.39, 0.29) is 27.9 Å². The zero-order chi connectivity index (χ0) is 30.3. The van der Waals surface area contributed by atoms with Crippen LogP contribution in [0.4, 0.5) is 11.4 Å². The third-order valence-electron chi connectivity index (χ3n) is 7.59. The van der Waals surface area contributed by atoms with Gasteiger partial charge in [-0.3, -0.25) is 19.8 Å². The molecule has 0 aromatic heterocycles. The molecule has 5 rings (SSSR count). The fourth-order valence-electron chi connectivity index (χ4n) is 5.63. The summed E-state index contributed by atoms with van der Waals surface area (Å²) < 4.78 is 0. The quantitative estimate of drug-likeness (QED) is 0.163. The lowest BCUT2D eigenvalue weighted by molar-refractivity contribution is -0.384. The molecule has 1 aliphatic carbocycles. The van der Waals surface area contributed by atoms with Crippen molar-refractivity contribution in [3.8, 4) is 6.07 Å². The number of aryl methyl sites for hydroxylation is 1. The number of benzene rings is 3. The van der Waals surface area contributed by atoms with E-state index in [0.29, 0.717) is 52.0 Å². The van der Waals surface area contributed by atoms with Crippen molar-refractivity contribution in [3.05, 3.63) is 119 Å². The Morgan fingerprint density at radius 1 is 1.10 bits per heavy atom. The van der Waals surface area contributed by atoms with E-state index in [9.17, 15) is 20.2 Å². The number of thioether (sulfide) groups is 1. The minimum Gasteiger partial charge on any atom is -0.384 e. The lowest BCUT2D eigenvalue weighted by Gasteiger charge is -2.40. The van der Waals surface area contributed by atoms with E-state index in [4.69, 9.17) is 40.5 Å². The van der Waals surface area contributed by atoms with Crippen LogP contribution in [0.3, 0.4) is 0 Å². The molecule has 11 heteroatoms. The molecule has 0 spiro atoms. The van der Waals surface area contributed by atoms with Gasteiger partial charge in [0.2, 0.25) is 0 Å². The van der Waals surface area contributed by atoms with Crippen LogP contribution in [0.15, 0.2) is 76.1 Å². The normalized spacial score (nSPS) is 16.9. The van der Waals surface area contributed by atoms with Crippen LogP contribution >= 0.6 is 46.6 Å². The van der Waals surface area contributed by atoms with Crippen LogP contribution in [0.25, 0.3) is 0 Å². The smallest absolute Gasteiger partial charge is 0.289 e. The highest BCUT2D eigenvalue weighted by Gasteiger charge is 2.41. The molecule has 0 radical (unpaired) electrons. The van der Waals surface area contributed by atoms with Crippen molar-refractivity contribution in [3.63, 3.8) is 0 Å². The van der Waals surface area contributed by atoms with Crippen molar-refractivity contribution in [2.45, 2.75) is 49.7 Å². The molecule has 3 aromatic rings. The first-order chi connectivity index (χ1) is 20.0. The van der Waals surface area contributed by atoms with Gasteiger partial charge in [-0.2, -0.15) is 5.26 Å². The second kappa shape index (κ2) is 12.0. The molecule has 0 saturated carbocycles. The number of nitro benzene ring substituents is 1. The zero-order valence-electron chi connectivity index (χ0n) is 22.7. The minimum absolute atomic E-state index is 0.0181. The van der Waals surface area contributed by atoms with Crippen molar-refractivity contribution in [1.29, 1.82) is 5.26 Å². The number of Topliss-reactive ketones (excluding diaryl/α,β-unsaturated/α-hetero) is 1. The summed E-state index contributed by atoms with van der Waals surface area (Å²) in [6, 6.07) is 16.0. The number of ketones is 1. The first-order valence-corrected chi connectivity index (χ1v) is 15.2. The summed E-state index contributed by atoms with van der Waals surface area (Å²) in [7, 11) is 0. The number of hydrogen-bond acceptors (Lipinski definition) is 7. The van der Waals surface area contributed by atoms with Gasteiger partial charge in [0.1, 0.15) is 10.8 Å². The number of allylic oxidation sites excluding steroid dienone is 3. The highest BCUT2D eigenvalue weighted by molar-refractivity contribution is 7.98. The van der Waals surface area contributed by atoms with Gasteiger partial charge in [-0.05, 0) is 73.7 Å². The number of carbonyl (C=O) groups is 1. The van der Waals surface area contributed by atoms with Gasteiger partial charge >= 0.3 is 0 Å². The molecule has 0 bridgehead atoms. The summed E-state index contributed by atoms with van der Waals surface area (Å²) in [6.45, 7) is 3.96. The zero-order valence-corrected chi connectivity index (χ0v) is 25.8. The van der Waals surface area contributed by atoms with Crippen LogP contribution in [0.5, 0.6) is 0 Å². The average Bonchev–Trinajstić information content (AvgIpc) is 2.95. The average molecular weight is 640 g/mol. The largest absolute Gasteiger partial charge is 0.384 e. The predicted molar refractivity (Wildman–Crippen MR) is 168 cm³/mol. The topological polar surface area (TPSA) is 113 Å². The van der Waals surface area contributed by atoms with Crippen molar-refractivity contribution in [1.82, 2.24) is 0 Å². The van der Waals surface area contributed by atoms with Crippen molar-refractivity contribution < 1.29 is 9.72 Å². The molecular weight excluding hydrogens is 615 g/mol. The van der Waals surface area contributed by atoms with E-state index in [2.05, 4.69) is 12.1 Å². The van der Waals surface area contributed by atoms with Gasteiger partial charge in [0.05, 0.1) is 33.2 Å². The lowest BCUT2D eigenvalue weighted by Crippen LogP contribution is -2.39. The fourth-order valence-corrected chi connectivity index (χ4v) is 7.36. The predicted octanol–water partition coefficient (Wildman–Crippen LogP) is 8.77. The maximum atomic E-state index is 13.6. The molecule has 1 unspecified atom stereocenters. The Morgan fingerprint density at radius 2 is 1.83 bits per heavy atom. The van der Waals surface area contributed by atoms with Crippen molar-refractivity contribution >= 4 is 63.7 Å². The Kier molecular flexibility index (Phi) is 8.58. The third kappa shape index (κ3) is 5.50. The van der Waals surface area contributed by atoms with Crippen LogP contribution in [-0.2, 0) is 10.5 Å². The summed E-state index contributed by atoms with van der Waals surface area (Å²) in [5.41, 5.74) is 11.9. The molecule has 0 amide bonds. The summed E-state index contributed by atoms with van der Waals surface area (Å²) in [5, 5.41) is 23.3. The maximum absolute atomic E-state index is 13.6. The molecular formula is C31H25Cl3N4O3S. The summed E-state index contributed by atoms with van der Waals surface area (Å²) in [6.07, 6.45) is 1.46. The minimum atomic E-state index is -0.672. The molecule has 3 aromatic carbocycles. The van der Waals surface area contributed by atoms with Crippen LogP contribution in [0.2, 0.25) is 15.1 Å². The van der Waals surface area contributed by atoms with Gasteiger partial charge in [-0.15, -0.1) is 11.8 Å². The molecule has 2 aliphatic rings. The van der Waals surface area contributed by atoms with E-state index in [1.807, 2.05) is 26.0 Å². The number of nitro groups is 1. The number of hydrogen-bond donors (Lipinski definition) is 1. The molecule has 214 valence electrons. The van der Waals surface area contributed by atoms with Gasteiger partial charge in [0.25, 0.3) is 5.69 Å². The lowest BCUT2D eigenvalue weighted by atomic mass is 9.73. The van der Waals surface area contributed by atoms with Crippen LogP contribution in [0.1, 0.15) is 47.4 Å². The molecule has 1 heterocycles. The Hall–Kier alpha value is -3.48. The summed E-state index contributed by atoms with van der Waals surface area (Å²) in [5.74, 6) is -0.0169. The van der Waals surface area contributed by atoms with Crippen LogP contribution in [-0.4, -0.2) is 10.7 Å². The number of nitrogens with zero attached hydrogens (tertiary/aromatic N) is 3. The maximum Gasteiger partial charge on any atom is 0.289 e. The van der Waals surface area contributed by atoms with Gasteiger partial charge in [0, 0.05) is 39.4 Å². The number of anilines is 1. The first kappa shape index (κ1) is 30.0. The highest BCUT2D eigenvalue weighted by atomic mass is 35.5. The fraction of sp³-hybridized carbons (Fsp3) is 0.226. The second-order valence-corrected chi connectivity index (χ2v) is 12.5. The molecule has 2 N–H and O–H groups in total. The van der Waals surface area contributed by atoms with Gasteiger partial charge in [-0.1, -0.05) is 52.5 Å². The van der Waals surface area contributed by atoms with Gasteiger partial charge in [0.15, 0.2) is 5.78 Å². The van der Waals surface area contributed by atoms with E-state index in [1.54, 1.807) is 34.9 Å². The van der Waals surface area contributed by atoms with Crippen molar-refractivity contribution in [2.24, 2.45) is 5.73 Å². The Labute approximate surface area is 262 Å². The molecule has 1 atom stereocenters. The molecule has 1 aliphatic heterocycles. The second-order valence-electron chi connectivity index (χ2n) is 10.2. The highest BCUT2D eigenvalue weighted by Crippen LogP contribution is 2.48. The molecule has 0 fully saturated rings. The van der Waals surface area contributed by atoms with Gasteiger partial charge < -0.3 is 5.73 Å². The number of carbonyl (C=O) groups excluding carboxylic acids is 1. The van der Waals surface area contributed by atoms with E-state index >= 15 is 0 Å². The third-order valence-corrected chi connectivity index (χ3v) is 9.69.